The van der Waals surface area contributed by atoms with E-state index < -0.39 is 30.7 Å². The monoisotopic (exact) mass is 1240 g/mol. The molecule has 0 radical (unpaired) electrons. The van der Waals surface area contributed by atoms with Gasteiger partial charge in [0, 0.05) is 109 Å². The number of hydrogen-bond acceptors (Lipinski definition) is 18. The van der Waals surface area contributed by atoms with Crippen molar-refractivity contribution < 1.29 is 86.6 Å². The third-order valence-electron chi connectivity index (χ3n) is 13.5. The number of benzene rings is 5. The molecule has 0 unspecified atom stereocenters. The first-order valence-corrected chi connectivity index (χ1v) is 33.1. The van der Waals surface area contributed by atoms with Crippen molar-refractivity contribution in [1.82, 2.24) is 0 Å². The number of anilines is 10. The molecule has 466 valence electrons. The SMILES string of the molecule is CCCCN(CCCC)c1ccc(N(c2ccc(N(CCCC)CCCC)cc2)c2ccc(N(c3ccc(N(CCCC)CCCC)cc3)c3ccc(N(CCCC)CCCC)cc3)cc2)cc1.[Al+3].[O-][Cl+3]([O-])([O-])[O-].[O-][Cl+3]([O-])([O-])[O-].[O-][Cl+3]([O-])([O-])[O-]. The quantitative estimate of drug-likeness (QED) is 0.0531. The van der Waals surface area contributed by atoms with E-state index in [2.05, 4.69) is 206 Å². The molecule has 0 atom stereocenters. The minimum Gasteiger partial charge on any atom is -0.372 e. The van der Waals surface area contributed by atoms with Crippen LogP contribution in [0.1, 0.15) is 158 Å². The van der Waals surface area contributed by atoms with Crippen molar-refractivity contribution in [2.45, 2.75) is 158 Å². The molecule has 0 aliphatic heterocycles. The summed E-state index contributed by atoms with van der Waals surface area (Å²) in [4.78, 5) is 15.2. The van der Waals surface area contributed by atoms with Crippen LogP contribution in [-0.2, 0) is 0 Å². The predicted molar refractivity (Wildman–Crippen MR) is 310 cm³/mol. The van der Waals surface area contributed by atoms with Crippen molar-refractivity contribution in [3.8, 4) is 0 Å². The Balaban J connectivity index is 0.00000195. The molecule has 0 N–H and O–H groups in total. The molecule has 0 spiro atoms. The Morgan fingerprint density at radius 1 is 0.214 bits per heavy atom. The molecule has 0 fully saturated rings. The maximum Gasteiger partial charge on any atom is 3.00 e. The van der Waals surface area contributed by atoms with Gasteiger partial charge in [-0.1, -0.05) is 107 Å². The number of unbranched alkanes of at least 4 members (excludes halogenated alkanes) is 8. The summed E-state index contributed by atoms with van der Waals surface area (Å²) in [5.74, 6) is 0. The van der Waals surface area contributed by atoms with Crippen LogP contribution in [0.2, 0.25) is 0 Å². The topological polar surface area (TPSA) is 296 Å². The Labute approximate surface area is 519 Å². The van der Waals surface area contributed by atoms with Gasteiger partial charge < -0.3 is 29.4 Å². The molecule has 0 amide bonds. The minimum absolute atomic E-state index is 0. The van der Waals surface area contributed by atoms with Crippen LogP contribution in [0.15, 0.2) is 121 Å². The standard InChI is InChI=1S/C62H92N6.Al.3ClHO4/c1-9-17-45-63(46-18-10-2)53-25-33-57(34-26-53)67(58-35-27-54(28-36-58)64(47-19-11-3)48-20-12-4)61-41-43-62(44-42-61)68(59-37-29-55(30-38-59)65(49-21-13-5)50-22-14-6)60-39-31-56(32-40-60)66(51-23-15-7)52-24-16-8;;3*2-1(3,4)5/h25-44H,9-24,45-52H2,1-8H3;;3*(H,2,3,4,5)/q;+3;;;/p-3. The van der Waals surface area contributed by atoms with E-state index in [1.807, 2.05) is 0 Å². The fourth-order valence-electron chi connectivity index (χ4n) is 9.17. The molecule has 5 aromatic carbocycles. The molecule has 0 aromatic heterocycles. The summed E-state index contributed by atoms with van der Waals surface area (Å²) in [6.45, 7) is 27.1. The van der Waals surface area contributed by atoms with E-state index in [0.717, 1.165) is 63.7 Å². The molecule has 0 aliphatic rings. The van der Waals surface area contributed by atoms with Crippen LogP contribution in [0.4, 0.5) is 56.9 Å². The van der Waals surface area contributed by atoms with E-state index in [1.165, 1.54) is 148 Å². The largest absolute Gasteiger partial charge is 3.00 e. The van der Waals surface area contributed by atoms with Gasteiger partial charge in [0.1, 0.15) is 0 Å². The summed E-state index contributed by atoms with van der Waals surface area (Å²) in [6.07, 6.45) is 19.3. The van der Waals surface area contributed by atoms with E-state index >= 15 is 0 Å². The predicted octanol–water partition coefficient (Wildman–Crippen LogP) is 3.60. The number of halogens is 3. The molecule has 0 saturated heterocycles. The second-order valence-corrected chi connectivity index (χ2v) is 22.4. The fraction of sp³-hybridized carbons (Fsp3) is 0.516. The minimum atomic E-state index is -4.94. The third-order valence-corrected chi connectivity index (χ3v) is 13.5. The van der Waals surface area contributed by atoms with Gasteiger partial charge in [0.25, 0.3) is 0 Å². The van der Waals surface area contributed by atoms with Gasteiger partial charge in [-0.25, -0.2) is 55.9 Å². The smallest absolute Gasteiger partial charge is 0.372 e. The van der Waals surface area contributed by atoms with Crippen LogP contribution in [0.25, 0.3) is 0 Å². The first-order chi connectivity index (χ1) is 39.4. The Bertz CT molecular complexity index is 2050. The zero-order valence-corrected chi connectivity index (χ0v) is 54.2. The molecule has 5 aromatic rings. The average Bonchev–Trinajstić information content (AvgIpc) is 3.64. The first kappa shape index (κ1) is 77.8. The van der Waals surface area contributed by atoms with Crippen molar-refractivity contribution in [1.29, 1.82) is 0 Å². The van der Waals surface area contributed by atoms with Crippen LogP contribution in [0.3, 0.4) is 0 Å². The van der Waals surface area contributed by atoms with Gasteiger partial charge in [0.2, 0.25) is 0 Å². The zero-order chi connectivity index (χ0) is 61.9. The molecule has 0 bridgehead atoms. The van der Waals surface area contributed by atoms with Gasteiger partial charge in [0.15, 0.2) is 0 Å². The van der Waals surface area contributed by atoms with Crippen molar-refractivity contribution >= 4 is 74.2 Å². The Hall–Kier alpha value is -4.18. The molecule has 5 rings (SSSR count). The first-order valence-electron chi connectivity index (χ1n) is 29.4. The summed E-state index contributed by atoms with van der Waals surface area (Å²) in [5.41, 5.74) is 12.2. The summed E-state index contributed by atoms with van der Waals surface area (Å²) in [5, 5.41) is 0. The van der Waals surface area contributed by atoms with E-state index in [0.29, 0.717) is 0 Å². The van der Waals surface area contributed by atoms with E-state index in [-0.39, 0.29) is 17.4 Å². The summed E-state index contributed by atoms with van der Waals surface area (Å²) in [6, 6.07) is 46.7. The molecule has 18 nitrogen and oxygen atoms in total. The van der Waals surface area contributed by atoms with E-state index in [9.17, 15) is 0 Å². The number of nitrogens with zero attached hydrogens (tertiary/aromatic N) is 6. The third kappa shape index (κ3) is 33.1. The van der Waals surface area contributed by atoms with Crippen molar-refractivity contribution in [3.63, 3.8) is 0 Å². The van der Waals surface area contributed by atoms with Crippen LogP contribution in [-0.4, -0.2) is 69.7 Å². The Kier molecular flexibility index (Phi) is 39.5. The Morgan fingerprint density at radius 3 is 0.405 bits per heavy atom. The second kappa shape index (κ2) is 42.6. The molecule has 0 heterocycles. The molecular weight excluding hydrogens is 1150 g/mol. The molecule has 22 heteroatoms. The Morgan fingerprint density at radius 2 is 0.310 bits per heavy atom. The molecule has 0 saturated carbocycles. The van der Waals surface area contributed by atoms with E-state index in [4.69, 9.17) is 55.9 Å². The maximum atomic E-state index is 8.49. The van der Waals surface area contributed by atoms with Gasteiger partial charge in [0.05, 0.1) is 0 Å². The average molecular weight is 1250 g/mol. The zero-order valence-electron chi connectivity index (χ0n) is 50.8. The van der Waals surface area contributed by atoms with Crippen molar-refractivity contribution in [3.05, 3.63) is 121 Å². The number of rotatable bonds is 34. The summed E-state index contributed by atoms with van der Waals surface area (Å²) < 4.78 is 102. The van der Waals surface area contributed by atoms with Crippen LogP contribution >= 0.6 is 0 Å². The second-order valence-electron chi connectivity index (χ2n) is 20.2. The molecule has 84 heavy (non-hydrogen) atoms. The van der Waals surface area contributed by atoms with Gasteiger partial charge in [-0.15, -0.1) is 30.7 Å². The fourth-order valence-corrected chi connectivity index (χ4v) is 9.17. The molecular formula is C62H92AlCl3N6O12. The van der Waals surface area contributed by atoms with Gasteiger partial charge in [-0.3, -0.25) is 0 Å². The van der Waals surface area contributed by atoms with Crippen LogP contribution < -0.4 is 85.3 Å². The summed E-state index contributed by atoms with van der Waals surface area (Å²) in [7, 11) is -14.8. The maximum absolute atomic E-state index is 8.49. The van der Waals surface area contributed by atoms with E-state index in [1.54, 1.807) is 0 Å². The number of hydrogen-bond donors (Lipinski definition) is 0. The van der Waals surface area contributed by atoms with Crippen molar-refractivity contribution in [2.75, 3.05) is 81.8 Å². The normalized spacial score (nSPS) is 11.2. The van der Waals surface area contributed by atoms with Gasteiger partial charge >= 0.3 is 17.4 Å². The van der Waals surface area contributed by atoms with Gasteiger partial charge in [-0.05, 0) is 173 Å². The molecule has 0 aliphatic carbocycles. The van der Waals surface area contributed by atoms with Crippen LogP contribution in [0, 0.1) is 30.7 Å². The van der Waals surface area contributed by atoms with Crippen LogP contribution in [0.5, 0.6) is 0 Å². The summed E-state index contributed by atoms with van der Waals surface area (Å²) >= 11 is 0. The van der Waals surface area contributed by atoms with Gasteiger partial charge in [-0.2, -0.15) is 0 Å². The van der Waals surface area contributed by atoms with Crippen molar-refractivity contribution in [2.24, 2.45) is 0 Å².